The van der Waals surface area contributed by atoms with Crippen LogP contribution in [-0.4, -0.2) is 16.6 Å². The van der Waals surface area contributed by atoms with Gasteiger partial charge in [-0.2, -0.15) is 0 Å². The van der Waals surface area contributed by atoms with Crippen molar-refractivity contribution in [3.63, 3.8) is 0 Å². The van der Waals surface area contributed by atoms with Crippen molar-refractivity contribution in [2.45, 2.75) is 24.9 Å². The van der Waals surface area contributed by atoms with E-state index in [0.29, 0.717) is 11.4 Å². The molecule has 1 amide bonds. The van der Waals surface area contributed by atoms with E-state index in [0.717, 1.165) is 33.5 Å². The lowest BCUT2D eigenvalue weighted by atomic mass is 9.86. The van der Waals surface area contributed by atoms with Gasteiger partial charge in [-0.25, -0.2) is 0 Å². The molecule has 0 fully saturated rings. The minimum atomic E-state index is -0.918. The highest BCUT2D eigenvalue weighted by Crippen LogP contribution is 2.37. The molecule has 6 heteroatoms. The highest BCUT2D eigenvalue weighted by atomic mass is 35.5. The maximum absolute atomic E-state index is 13.6. The number of anilines is 1. The normalized spacial score (nSPS) is 19.1. The molecule has 1 aliphatic heterocycles. The Kier molecular flexibility index (Phi) is 7.18. The molecule has 0 saturated carbocycles. The predicted molar refractivity (Wildman–Crippen MR) is 144 cm³/mol. The fourth-order valence-electron chi connectivity index (χ4n) is 4.62. The smallest absolute Gasteiger partial charge is 0.244 e. The molecule has 0 aliphatic carbocycles. The van der Waals surface area contributed by atoms with Crippen molar-refractivity contribution in [3.8, 4) is 16.9 Å². The van der Waals surface area contributed by atoms with E-state index in [1.807, 2.05) is 61.5 Å². The fourth-order valence-corrected chi connectivity index (χ4v) is 4.80. The summed E-state index contributed by atoms with van der Waals surface area (Å²) in [6.07, 6.45) is 0.486. The molecule has 1 aliphatic rings. The third-order valence-electron chi connectivity index (χ3n) is 6.41. The van der Waals surface area contributed by atoms with Gasteiger partial charge in [-0.1, -0.05) is 78.3 Å². The van der Waals surface area contributed by atoms with Crippen molar-refractivity contribution in [1.82, 2.24) is 5.32 Å². The number of phenols is 1. The first-order chi connectivity index (χ1) is 16.4. The molecule has 4 aromatic carbocycles. The van der Waals surface area contributed by atoms with Crippen LogP contribution in [0.1, 0.15) is 29.7 Å². The number of hydrogen-bond acceptors (Lipinski definition) is 3. The monoisotopic (exact) mass is 504 g/mol. The number of nitrogens with one attached hydrogen (secondary N) is 2. The van der Waals surface area contributed by atoms with Gasteiger partial charge < -0.3 is 10.4 Å². The van der Waals surface area contributed by atoms with Gasteiger partial charge in [0.15, 0.2) is 0 Å². The summed E-state index contributed by atoms with van der Waals surface area (Å²) in [4.78, 5) is 13.6. The van der Waals surface area contributed by atoms with Crippen LogP contribution >= 0.6 is 24.0 Å². The van der Waals surface area contributed by atoms with Crippen LogP contribution in [0.3, 0.4) is 0 Å². The topological polar surface area (TPSA) is 61.4 Å². The molecular formula is C29H26Cl2N2O2. The Balaban J connectivity index is 0.00000289. The zero-order chi connectivity index (χ0) is 23.7. The van der Waals surface area contributed by atoms with Crippen molar-refractivity contribution < 1.29 is 9.90 Å². The molecule has 35 heavy (non-hydrogen) atoms. The van der Waals surface area contributed by atoms with Crippen molar-refractivity contribution in [1.29, 1.82) is 0 Å². The Bertz CT molecular complexity index is 1340. The number of halogens is 2. The van der Waals surface area contributed by atoms with Gasteiger partial charge in [0.1, 0.15) is 11.3 Å². The van der Waals surface area contributed by atoms with Crippen LogP contribution in [0.2, 0.25) is 5.02 Å². The lowest BCUT2D eigenvalue weighted by Gasteiger charge is -2.32. The van der Waals surface area contributed by atoms with E-state index in [2.05, 4.69) is 34.9 Å². The van der Waals surface area contributed by atoms with Crippen LogP contribution in [0.25, 0.3) is 11.1 Å². The van der Waals surface area contributed by atoms with E-state index in [1.165, 1.54) is 0 Å². The Morgan fingerprint density at radius 3 is 2.34 bits per heavy atom. The third-order valence-corrected chi connectivity index (χ3v) is 6.64. The van der Waals surface area contributed by atoms with E-state index in [1.54, 1.807) is 18.2 Å². The quantitative estimate of drug-likeness (QED) is 0.287. The summed E-state index contributed by atoms with van der Waals surface area (Å²) in [5, 5.41) is 17.2. The predicted octanol–water partition coefficient (Wildman–Crippen LogP) is 6.77. The van der Waals surface area contributed by atoms with Crippen molar-refractivity contribution >= 4 is 35.6 Å². The number of rotatable bonds is 4. The highest BCUT2D eigenvalue weighted by Gasteiger charge is 2.40. The largest absolute Gasteiger partial charge is 0.508 e. The van der Waals surface area contributed by atoms with E-state index >= 15 is 0 Å². The number of aromatic hydroxyl groups is 1. The maximum Gasteiger partial charge on any atom is 0.244 e. The van der Waals surface area contributed by atoms with Gasteiger partial charge in [-0.05, 0) is 71.5 Å². The molecule has 178 valence electrons. The second kappa shape index (κ2) is 10.1. The average Bonchev–Trinajstić information content (AvgIpc) is 2.95. The summed E-state index contributed by atoms with van der Waals surface area (Å²) in [6, 6.07) is 30.6. The first-order valence-corrected chi connectivity index (χ1v) is 11.6. The van der Waals surface area contributed by atoms with Gasteiger partial charge in [0.25, 0.3) is 0 Å². The third kappa shape index (κ3) is 5.06. The Hall–Kier alpha value is -3.31. The van der Waals surface area contributed by atoms with Gasteiger partial charge in [0, 0.05) is 10.7 Å². The molecule has 0 aromatic heterocycles. The van der Waals surface area contributed by atoms with E-state index < -0.39 is 5.54 Å². The van der Waals surface area contributed by atoms with Gasteiger partial charge >= 0.3 is 0 Å². The van der Waals surface area contributed by atoms with Crippen molar-refractivity contribution in [2.75, 3.05) is 5.32 Å². The summed E-state index contributed by atoms with van der Waals surface area (Å²) < 4.78 is 0. The van der Waals surface area contributed by atoms with E-state index in [9.17, 15) is 9.90 Å². The number of fused-ring (bicyclic) bond motifs is 1. The van der Waals surface area contributed by atoms with Crippen LogP contribution < -0.4 is 10.6 Å². The number of carbonyl (C=O) groups is 1. The highest BCUT2D eigenvalue weighted by molar-refractivity contribution is 6.30. The molecule has 4 nitrogen and oxygen atoms in total. The fraction of sp³-hybridized carbons (Fsp3) is 0.138. The number of amides is 1. The number of carbonyl (C=O) groups excluding carboxylic acids is 1. The molecule has 2 unspecified atom stereocenters. The van der Waals surface area contributed by atoms with E-state index in [4.69, 9.17) is 11.6 Å². The van der Waals surface area contributed by atoms with E-state index in [-0.39, 0.29) is 30.1 Å². The van der Waals surface area contributed by atoms with Crippen molar-refractivity contribution in [2.24, 2.45) is 0 Å². The zero-order valence-corrected chi connectivity index (χ0v) is 20.7. The molecular weight excluding hydrogens is 479 g/mol. The minimum absolute atomic E-state index is 0. The molecule has 3 N–H and O–H groups in total. The molecule has 2 atom stereocenters. The van der Waals surface area contributed by atoms with Crippen LogP contribution in [0.4, 0.5) is 5.69 Å². The molecule has 0 bridgehead atoms. The van der Waals surface area contributed by atoms with Gasteiger partial charge in [-0.15, -0.1) is 12.4 Å². The second-order valence-corrected chi connectivity index (χ2v) is 9.32. The Morgan fingerprint density at radius 2 is 1.60 bits per heavy atom. The van der Waals surface area contributed by atoms with Crippen LogP contribution in [0.5, 0.6) is 5.75 Å². The molecule has 0 saturated heterocycles. The molecule has 5 rings (SSSR count). The molecule has 4 aromatic rings. The van der Waals surface area contributed by atoms with Crippen LogP contribution in [-0.2, 0) is 11.2 Å². The first kappa shape index (κ1) is 24.8. The number of hydrogen-bond donors (Lipinski definition) is 3. The second-order valence-electron chi connectivity index (χ2n) is 8.89. The van der Waals surface area contributed by atoms with Crippen LogP contribution in [0, 0.1) is 0 Å². The Labute approximate surface area is 216 Å². The average molecular weight is 505 g/mol. The number of benzene rings is 4. The molecule has 0 spiro atoms. The standard InChI is InChI=1S/C29H25ClN2O2.ClH/c1-29(18-21-9-5-6-10-24(21)19-7-3-2-4-8-19)28(34)31-26-16-13-22(30)17-25(26)27(32-29)20-11-14-23(33)15-12-20;/h2-17,27,32-33H,18H2,1H3,(H,31,34);1H. The number of phenolic OH excluding ortho intramolecular Hbond substituents is 1. The van der Waals surface area contributed by atoms with Gasteiger partial charge in [0.05, 0.1) is 6.04 Å². The maximum atomic E-state index is 13.6. The summed E-state index contributed by atoms with van der Waals surface area (Å²) in [5.74, 6) is 0.0812. The lowest BCUT2D eigenvalue weighted by Crippen LogP contribution is -2.53. The van der Waals surface area contributed by atoms with Gasteiger partial charge in [0.2, 0.25) is 5.91 Å². The summed E-state index contributed by atoms with van der Waals surface area (Å²) in [7, 11) is 0. The van der Waals surface area contributed by atoms with Gasteiger partial charge in [-0.3, -0.25) is 10.1 Å². The van der Waals surface area contributed by atoms with Crippen molar-refractivity contribution in [3.05, 3.63) is 119 Å². The first-order valence-electron chi connectivity index (χ1n) is 11.2. The van der Waals surface area contributed by atoms with Crippen LogP contribution in [0.15, 0.2) is 97.1 Å². The minimum Gasteiger partial charge on any atom is -0.508 e. The SMILES string of the molecule is CC1(Cc2ccccc2-c2ccccc2)NC(c2ccc(O)cc2)c2cc(Cl)ccc2NC1=O.Cl. The lowest BCUT2D eigenvalue weighted by molar-refractivity contribution is -0.121. The molecule has 1 heterocycles. The Morgan fingerprint density at radius 1 is 0.914 bits per heavy atom. The summed E-state index contributed by atoms with van der Waals surface area (Å²) in [5.41, 5.74) is 4.91. The summed E-state index contributed by atoms with van der Waals surface area (Å²) >= 11 is 6.35. The molecule has 0 radical (unpaired) electrons. The zero-order valence-electron chi connectivity index (χ0n) is 19.2. The summed E-state index contributed by atoms with van der Waals surface area (Å²) in [6.45, 7) is 1.94.